The van der Waals surface area contributed by atoms with E-state index in [2.05, 4.69) is 25.6 Å². The average molecular weight is 510 g/mol. The summed E-state index contributed by atoms with van der Waals surface area (Å²) in [6, 6.07) is 13.6. The van der Waals surface area contributed by atoms with Crippen LogP contribution in [0.25, 0.3) is 0 Å². The molecule has 0 aliphatic heterocycles. The molecule has 0 fully saturated rings. The van der Waals surface area contributed by atoms with E-state index < -0.39 is 5.97 Å². The zero-order valence-corrected chi connectivity index (χ0v) is 21.9. The van der Waals surface area contributed by atoms with E-state index in [1.165, 1.54) is 18.9 Å². The van der Waals surface area contributed by atoms with Gasteiger partial charge in [0.15, 0.2) is 11.0 Å². The SMILES string of the molecule is CCn1c(SCC(=O)Nc2ccc(C(=O)OC)cc2)nnc1[C@H](NC(=O)c1cccc(C)c1)C(C)C. The number of ether oxygens (including phenoxy) is 1. The van der Waals surface area contributed by atoms with Crippen LogP contribution in [0, 0.1) is 12.8 Å². The van der Waals surface area contributed by atoms with Crippen LogP contribution in [-0.2, 0) is 16.1 Å². The number of hydrogen-bond acceptors (Lipinski definition) is 7. The monoisotopic (exact) mass is 509 g/mol. The highest BCUT2D eigenvalue weighted by Gasteiger charge is 2.26. The first-order valence-electron chi connectivity index (χ1n) is 11.6. The summed E-state index contributed by atoms with van der Waals surface area (Å²) >= 11 is 1.27. The second-order valence-electron chi connectivity index (χ2n) is 8.56. The van der Waals surface area contributed by atoms with Gasteiger partial charge >= 0.3 is 5.97 Å². The Hall–Kier alpha value is -3.66. The Kier molecular flexibility index (Phi) is 9.24. The molecule has 0 saturated heterocycles. The van der Waals surface area contributed by atoms with Crippen molar-refractivity contribution in [1.29, 1.82) is 0 Å². The number of hydrogen-bond donors (Lipinski definition) is 2. The predicted octanol–water partition coefficient (Wildman–Crippen LogP) is 4.25. The number of nitrogens with zero attached hydrogens (tertiary/aromatic N) is 3. The summed E-state index contributed by atoms with van der Waals surface area (Å²) in [7, 11) is 1.32. The molecule has 0 radical (unpaired) electrons. The van der Waals surface area contributed by atoms with Crippen LogP contribution in [0.4, 0.5) is 5.69 Å². The van der Waals surface area contributed by atoms with Crippen LogP contribution in [0.3, 0.4) is 0 Å². The number of aromatic nitrogens is 3. The lowest BCUT2D eigenvalue weighted by Gasteiger charge is -2.22. The maximum atomic E-state index is 12.9. The quantitative estimate of drug-likeness (QED) is 0.310. The van der Waals surface area contributed by atoms with Crippen LogP contribution in [0.2, 0.25) is 0 Å². The molecule has 1 atom stereocenters. The van der Waals surface area contributed by atoms with Gasteiger partial charge in [0, 0.05) is 17.8 Å². The predicted molar refractivity (Wildman–Crippen MR) is 139 cm³/mol. The molecule has 2 aromatic carbocycles. The number of amides is 2. The van der Waals surface area contributed by atoms with Crippen molar-refractivity contribution >= 4 is 35.2 Å². The van der Waals surface area contributed by atoms with E-state index in [1.807, 2.05) is 50.5 Å². The molecule has 0 unspecified atom stereocenters. The molecular formula is C26H31N5O4S. The van der Waals surface area contributed by atoms with Gasteiger partial charge in [-0.2, -0.15) is 0 Å². The third-order valence-electron chi connectivity index (χ3n) is 5.50. The average Bonchev–Trinajstić information content (AvgIpc) is 3.28. The van der Waals surface area contributed by atoms with Gasteiger partial charge in [0.1, 0.15) is 0 Å². The minimum absolute atomic E-state index is 0.0716. The Morgan fingerprint density at radius 2 is 1.78 bits per heavy atom. The Bertz CT molecular complexity index is 1220. The summed E-state index contributed by atoms with van der Waals surface area (Å²) in [6.45, 7) is 8.54. The second-order valence-corrected chi connectivity index (χ2v) is 9.50. The van der Waals surface area contributed by atoms with E-state index in [9.17, 15) is 14.4 Å². The van der Waals surface area contributed by atoms with Crippen molar-refractivity contribution in [2.75, 3.05) is 18.2 Å². The smallest absolute Gasteiger partial charge is 0.337 e. The molecule has 0 bridgehead atoms. The first kappa shape index (κ1) is 26.9. The normalized spacial score (nSPS) is 11.7. The molecule has 3 rings (SSSR count). The summed E-state index contributed by atoms with van der Waals surface area (Å²) < 4.78 is 6.60. The minimum atomic E-state index is -0.437. The number of esters is 1. The van der Waals surface area contributed by atoms with Gasteiger partial charge in [-0.1, -0.05) is 43.3 Å². The number of nitrogens with one attached hydrogen (secondary N) is 2. The lowest BCUT2D eigenvalue weighted by Crippen LogP contribution is -2.33. The molecule has 0 spiro atoms. The van der Waals surface area contributed by atoms with E-state index in [4.69, 9.17) is 0 Å². The lowest BCUT2D eigenvalue weighted by atomic mass is 10.0. The summed E-state index contributed by atoms with van der Waals surface area (Å²) in [4.78, 5) is 37.0. The topological polar surface area (TPSA) is 115 Å². The lowest BCUT2D eigenvalue weighted by molar-refractivity contribution is -0.113. The van der Waals surface area contributed by atoms with E-state index in [-0.39, 0.29) is 29.5 Å². The van der Waals surface area contributed by atoms with Gasteiger partial charge in [0.25, 0.3) is 5.91 Å². The van der Waals surface area contributed by atoms with Crippen molar-refractivity contribution < 1.29 is 19.1 Å². The summed E-state index contributed by atoms with van der Waals surface area (Å²) in [5.41, 5.74) is 2.58. The Morgan fingerprint density at radius 3 is 2.39 bits per heavy atom. The molecule has 190 valence electrons. The van der Waals surface area contributed by atoms with E-state index in [0.29, 0.717) is 34.3 Å². The molecule has 36 heavy (non-hydrogen) atoms. The molecule has 0 saturated carbocycles. The third-order valence-corrected chi connectivity index (χ3v) is 6.46. The first-order valence-corrected chi connectivity index (χ1v) is 12.6. The highest BCUT2D eigenvalue weighted by atomic mass is 32.2. The van der Waals surface area contributed by atoms with Crippen LogP contribution < -0.4 is 10.6 Å². The molecule has 3 aromatic rings. The molecule has 2 amide bonds. The van der Waals surface area contributed by atoms with Crippen molar-refractivity contribution in [2.45, 2.75) is 45.4 Å². The number of carbonyl (C=O) groups excluding carboxylic acids is 3. The van der Waals surface area contributed by atoms with Crippen LogP contribution in [0.15, 0.2) is 53.7 Å². The second kappa shape index (κ2) is 12.3. The van der Waals surface area contributed by atoms with Crippen LogP contribution >= 0.6 is 11.8 Å². The molecule has 9 nitrogen and oxygen atoms in total. The molecule has 0 aliphatic rings. The zero-order chi connectivity index (χ0) is 26.2. The largest absolute Gasteiger partial charge is 0.465 e. The van der Waals surface area contributed by atoms with Crippen LogP contribution in [0.1, 0.15) is 58.9 Å². The molecular weight excluding hydrogens is 478 g/mol. The number of aryl methyl sites for hydroxylation is 1. The van der Waals surface area contributed by atoms with Crippen molar-refractivity contribution in [3.63, 3.8) is 0 Å². The standard InChI is InChI=1S/C26H31N5O4S/c1-6-31-23(22(16(2)3)28-24(33)19-9-7-8-17(4)14-19)29-30-26(31)36-15-21(32)27-20-12-10-18(11-13-20)25(34)35-5/h7-14,16,22H,6,15H2,1-5H3,(H,27,32)(H,28,33)/t22-/m1/s1. The van der Waals surface area contributed by atoms with Crippen LogP contribution in [-0.4, -0.2) is 45.4 Å². The number of thioether (sulfide) groups is 1. The fourth-order valence-electron chi connectivity index (χ4n) is 3.61. The number of anilines is 1. The Morgan fingerprint density at radius 1 is 1.06 bits per heavy atom. The van der Waals surface area contributed by atoms with Gasteiger partial charge < -0.3 is 19.9 Å². The third kappa shape index (κ3) is 6.72. The van der Waals surface area contributed by atoms with Crippen LogP contribution in [0.5, 0.6) is 0 Å². The number of methoxy groups -OCH3 is 1. The molecule has 1 heterocycles. The Balaban J connectivity index is 1.67. The zero-order valence-electron chi connectivity index (χ0n) is 21.1. The van der Waals surface area contributed by atoms with Crippen molar-refractivity contribution in [1.82, 2.24) is 20.1 Å². The van der Waals surface area contributed by atoms with Gasteiger partial charge in [-0.25, -0.2) is 4.79 Å². The van der Waals surface area contributed by atoms with Crippen molar-refractivity contribution in [3.8, 4) is 0 Å². The van der Waals surface area contributed by atoms with Gasteiger partial charge in [-0.05, 0) is 56.2 Å². The number of carbonyl (C=O) groups is 3. The Labute approximate surface area is 215 Å². The van der Waals surface area contributed by atoms with Gasteiger partial charge in [-0.15, -0.1) is 10.2 Å². The van der Waals surface area contributed by atoms with Gasteiger partial charge in [0.2, 0.25) is 5.91 Å². The van der Waals surface area contributed by atoms with Crippen molar-refractivity contribution in [2.24, 2.45) is 5.92 Å². The number of benzene rings is 2. The highest BCUT2D eigenvalue weighted by Crippen LogP contribution is 2.26. The summed E-state index contributed by atoms with van der Waals surface area (Å²) in [5, 5.41) is 15.2. The van der Waals surface area contributed by atoms with E-state index >= 15 is 0 Å². The van der Waals surface area contributed by atoms with Gasteiger partial charge in [0.05, 0.1) is 24.5 Å². The molecule has 0 aliphatic carbocycles. The molecule has 2 N–H and O–H groups in total. The van der Waals surface area contributed by atoms with E-state index in [0.717, 1.165) is 5.56 Å². The van der Waals surface area contributed by atoms with Gasteiger partial charge in [-0.3, -0.25) is 9.59 Å². The summed E-state index contributed by atoms with van der Waals surface area (Å²) in [5.74, 6) is 0.0185. The van der Waals surface area contributed by atoms with E-state index in [1.54, 1.807) is 30.3 Å². The van der Waals surface area contributed by atoms with Crippen molar-refractivity contribution in [3.05, 3.63) is 71.0 Å². The molecule has 10 heteroatoms. The number of rotatable bonds is 10. The first-order chi connectivity index (χ1) is 17.2. The fraction of sp³-hybridized carbons (Fsp3) is 0.346. The minimum Gasteiger partial charge on any atom is -0.465 e. The highest BCUT2D eigenvalue weighted by molar-refractivity contribution is 7.99. The summed E-state index contributed by atoms with van der Waals surface area (Å²) in [6.07, 6.45) is 0. The fourth-order valence-corrected chi connectivity index (χ4v) is 4.42. The maximum absolute atomic E-state index is 12.9. The maximum Gasteiger partial charge on any atom is 0.337 e. The molecule has 1 aromatic heterocycles.